The van der Waals surface area contributed by atoms with E-state index in [2.05, 4.69) is 34.6 Å². The van der Waals surface area contributed by atoms with E-state index in [4.69, 9.17) is 11.6 Å². The Hall–Kier alpha value is -1.58. The maximum Gasteiger partial charge on any atom is 0.0733 e. The molecule has 0 saturated heterocycles. The van der Waals surface area contributed by atoms with Crippen LogP contribution in [0.4, 0.5) is 5.69 Å². The fraction of sp³-hybridized carbons (Fsp3) is 0.125. The molecule has 102 valence electrons. The van der Waals surface area contributed by atoms with Crippen molar-refractivity contribution in [2.24, 2.45) is 0 Å². The number of para-hydroxylation sites is 2. The third kappa shape index (κ3) is 3.11. The van der Waals surface area contributed by atoms with Crippen molar-refractivity contribution < 1.29 is 0 Å². The first kappa shape index (κ1) is 13.4. The predicted octanol–water partition coefficient (Wildman–Crippen LogP) is 5.03. The number of aromatic amines is 1. The molecule has 3 rings (SSSR count). The van der Waals surface area contributed by atoms with Gasteiger partial charge in [-0.3, -0.25) is 0 Å². The van der Waals surface area contributed by atoms with E-state index in [1.807, 2.05) is 42.1 Å². The fourth-order valence-electron chi connectivity index (χ4n) is 2.08. The molecule has 0 aliphatic carbocycles. The van der Waals surface area contributed by atoms with E-state index in [0.29, 0.717) is 0 Å². The summed E-state index contributed by atoms with van der Waals surface area (Å²) in [5, 5.41) is 6.58. The lowest BCUT2D eigenvalue weighted by atomic mass is 10.3. The average Bonchev–Trinajstić information content (AvgIpc) is 2.88. The number of benzene rings is 2. The molecule has 0 amide bonds. The Balaban J connectivity index is 1.54. The van der Waals surface area contributed by atoms with E-state index >= 15 is 0 Å². The van der Waals surface area contributed by atoms with Crippen LogP contribution >= 0.6 is 23.4 Å². The molecule has 2 nitrogen and oxygen atoms in total. The summed E-state index contributed by atoms with van der Waals surface area (Å²) in [6, 6.07) is 18.3. The van der Waals surface area contributed by atoms with Crippen molar-refractivity contribution in [2.45, 2.75) is 5.03 Å². The summed E-state index contributed by atoms with van der Waals surface area (Å²) in [7, 11) is 0. The summed E-state index contributed by atoms with van der Waals surface area (Å²) in [6.45, 7) is 0.879. The van der Waals surface area contributed by atoms with E-state index in [0.717, 1.165) is 23.0 Å². The molecule has 20 heavy (non-hydrogen) atoms. The van der Waals surface area contributed by atoms with Crippen LogP contribution in [0.2, 0.25) is 5.02 Å². The maximum atomic E-state index is 6.10. The van der Waals surface area contributed by atoms with Gasteiger partial charge in [0.2, 0.25) is 0 Å². The van der Waals surface area contributed by atoms with Crippen LogP contribution in [0.5, 0.6) is 0 Å². The van der Waals surface area contributed by atoms with Gasteiger partial charge in [-0.1, -0.05) is 41.9 Å². The van der Waals surface area contributed by atoms with Gasteiger partial charge in [-0.15, -0.1) is 11.8 Å². The number of aromatic nitrogens is 1. The monoisotopic (exact) mass is 302 g/mol. The largest absolute Gasteiger partial charge is 0.383 e. The highest BCUT2D eigenvalue weighted by atomic mass is 35.5. The Kier molecular flexibility index (Phi) is 4.19. The molecule has 4 heteroatoms. The molecule has 0 atom stereocenters. The van der Waals surface area contributed by atoms with Gasteiger partial charge in [0.25, 0.3) is 0 Å². The number of fused-ring (bicyclic) bond motifs is 1. The predicted molar refractivity (Wildman–Crippen MR) is 89.0 cm³/mol. The van der Waals surface area contributed by atoms with Crippen LogP contribution in [-0.4, -0.2) is 17.3 Å². The number of H-pyrrole nitrogens is 1. The molecule has 0 aliphatic rings. The second kappa shape index (κ2) is 6.25. The molecular formula is C16H15ClN2S. The minimum Gasteiger partial charge on any atom is -0.383 e. The van der Waals surface area contributed by atoms with Crippen LogP contribution < -0.4 is 5.32 Å². The van der Waals surface area contributed by atoms with Gasteiger partial charge in [0, 0.05) is 23.2 Å². The second-order valence-electron chi connectivity index (χ2n) is 4.48. The summed E-state index contributed by atoms with van der Waals surface area (Å²) < 4.78 is 0. The highest BCUT2D eigenvalue weighted by Gasteiger charge is 2.01. The number of nitrogens with one attached hydrogen (secondary N) is 2. The van der Waals surface area contributed by atoms with Crippen LogP contribution in [0, 0.1) is 0 Å². The Morgan fingerprint density at radius 2 is 1.85 bits per heavy atom. The number of halogens is 1. The third-order valence-electron chi connectivity index (χ3n) is 3.05. The molecule has 3 aromatic rings. The summed E-state index contributed by atoms with van der Waals surface area (Å²) in [5.41, 5.74) is 2.18. The van der Waals surface area contributed by atoms with E-state index < -0.39 is 0 Å². The van der Waals surface area contributed by atoms with Gasteiger partial charge in [-0.25, -0.2) is 0 Å². The lowest BCUT2D eigenvalue weighted by molar-refractivity contribution is 1.19. The number of thioether (sulfide) groups is 1. The second-order valence-corrected chi connectivity index (χ2v) is 6.02. The molecule has 1 heterocycles. The van der Waals surface area contributed by atoms with Crippen molar-refractivity contribution in [3.05, 3.63) is 59.6 Å². The zero-order valence-corrected chi connectivity index (χ0v) is 12.5. The highest BCUT2D eigenvalue weighted by molar-refractivity contribution is 7.99. The van der Waals surface area contributed by atoms with Crippen LogP contribution in [0.25, 0.3) is 10.9 Å². The van der Waals surface area contributed by atoms with Crippen LogP contribution in [0.15, 0.2) is 59.6 Å². The van der Waals surface area contributed by atoms with Crippen molar-refractivity contribution in [3.8, 4) is 0 Å². The fourth-order valence-corrected chi connectivity index (χ4v) is 3.09. The number of hydrogen-bond acceptors (Lipinski definition) is 2. The van der Waals surface area contributed by atoms with Crippen molar-refractivity contribution >= 4 is 40.0 Å². The zero-order chi connectivity index (χ0) is 13.8. The van der Waals surface area contributed by atoms with Crippen molar-refractivity contribution in [1.82, 2.24) is 4.98 Å². The lowest BCUT2D eigenvalue weighted by Gasteiger charge is -2.07. The van der Waals surface area contributed by atoms with Crippen molar-refractivity contribution in [3.63, 3.8) is 0 Å². The molecule has 0 fully saturated rings. The van der Waals surface area contributed by atoms with E-state index in [9.17, 15) is 0 Å². The first-order valence-corrected chi connectivity index (χ1v) is 7.88. The number of anilines is 1. The van der Waals surface area contributed by atoms with Gasteiger partial charge < -0.3 is 10.3 Å². The van der Waals surface area contributed by atoms with Gasteiger partial charge in [0.15, 0.2) is 0 Å². The highest BCUT2D eigenvalue weighted by Crippen LogP contribution is 2.24. The minimum absolute atomic E-state index is 0.767. The number of rotatable bonds is 5. The molecule has 2 N–H and O–H groups in total. The van der Waals surface area contributed by atoms with Gasteiger partial charge >= 0.3 is 0 Å². The molecule has 0 saturated carbocycles. The first-order chi connectivity index (χ1) is 9.83. The van der Waals surface area contributed by atoms with Crippen LogP contribution in [0.3, 0.4) is 0 Å². The van der Waals surface area contributed by atoms with Crippen molar-refractivity contribution in [1.29, 1.82) is 0 Å². The maximum absolute atomic E-state index is 6.10. The molecular weight excluding hydrogens is 288 g/mol. The summed E-state index contributed by atoms with van der Waals surface area (Å²) in [5.74, 6) is 0.984. The Morgan fingerprint density at radius 1 is 1.05 bits per heavy atom. The quantitative estimate of drug-likeness (QED) is 0.511. The molecule has 0 bridgehead atoms. The summed E-state index contributed by atoms with van der Waals surface area (Å²) in [4.78, 5) is 3.41. The Morgan fingerprint density at radius 3 is 2.70 bits per heavy atom. The smallest absolute Gasteiger partial charge is 0.0733 e. The van der Waals surface area contributed by atoms with E-state index in [1.165, 1.54) is 15.9 Å². The third-order valence-corrected chi connectivity index (χ3v) is 4.32. The van der Waals surface area contributed by atoms with Crippen LogP contribution in [-0.2, 0) is 0 Å². The Labute approximate surface area is 127 Å². The number of hydrogen-bond donors (Lipinski definition) is 2. The summed E-state index contributed by atoms with van der Waals surface area (Å²) in [6.07, 6.45) is 0. The zero-order valence-electron chi connectivity index (χ0n) is 10.9. The van der Waals surface area contributed by atoms with Crippen LogP contribution in [0.1, 0.15) is 0 Å². The lowest BCUT2D eigenvalue weighted by Crippen LogP contribution is -2.04. The SMILES string of the molecule is Clc1ccccc1NCCSc1cc2ccccc2[nH]1. The molecule has 0 spiro atoms. The van der Waals surface area contributed by atoms with E-state index in [-0.39, 0.29) is 0 Å². The van der Waals surface area contributed by atoms with Gasteiger partial charge in [-0.2, -0.15) is 0 Å². The molecule has 1 aromatic heterocycles. The Bertz CT molecular complexity index is 675. The molecule has 0 radical (unpaired) electrons. The minimum atomic E-state index is 0.767. The van der Waals surface area contributed by atoms with Gasteiger partial charge in [0.05, 0.1) is 15.7 Å². The molecule has 0 unspecified atom stereocenters. The first-order valence-electron chi connectivity index (χ1n) is 6.52. The topological polar surface area (TPSA) is 27.8 Å². The van der Waals surface area contributed by atoms with E-state index in [1.54, 1.807) is 0 Å². The normalized spacial score (nSPS) is 10.8. The van der Waals surface area contributed by atoms with Crippen molar-refractivity contribution in [2.75, 3.05) is 17.6 Å². The average molecular weight is 303 g/mol. The molecule has 2 aromatic carbocycles. The van der Waals surface area contributed by atoms with Gasteiger partial charge in [0.1, 0.15) is 0 Å². The standard InChI is InChI=1S/C16H15ClN2S/c17-13-6-2-4-8-15(13)18-9-10-20-16-11-12-5-1-3-7-14(12)19-16/h1-8,11,18-19H,9-10H2. The van der Waals surface area contributed by atoms with Gasteiger partial charge in [-0.05, 0) is 24.3 Å². The summed E-state index contributed by atoms with van der Waals surface area (Å²) >= 11 is 7.91. The molecule has 0 aliphatic heterocycles.